The summed E-state index contributed by atoms with van der Waals surface area (Å²) in [6.45, 7) is 0. The molecular weight excluding hydrogens is 268 g/mol. The van der Waals surface area contributed by atoms with Crippen molar-refractivity contribution < 1.29 is 0 Å². The SMILES string of the molecule is CNC(CCc1cccnc1)Cc1cn2ccsc2n1. The molecule has 0 fully saturated rings. The summed E-state index contributed by atoms with van der Waals surface area (Å²) >= 11 is 1.68. The first-order valence-electron chi connectivity index (χ1n) is 6.82. The Labute approximate surface area is 122 Å². The number of aryl methyl sites for hydroxylation is 1. The van der Waals surface area contributed by atoms with Crippen LogP contribution in [0.25, 0.3) is 4.96 Å². The number of nitrogens with one attached hydrogen (secondary N) is 1. The Morgan fingerprint density at radius 3 is 3.15 bits per heavy atom. The molecule has 3 rings (SSSR count). The summed E-state index contributed by atoms with van der Waals surface area (Å²) in [6, 6.07) is 4.57. The van der Waals surface area contributed by atoms with E-state index < -0.39 is 0 Å². The smallest absolute Gasteiger partial charge is 0.193 e. The normalized spacial score (nSPS) is 12.8. The summed E-state index contributed by atoms with van der Waals surface area (Å²) in [5.41, 5.74) is 2.45. The first-order chi connectivity index (χ1) is 9.85. The predicted octanol–water partition coefficient (Wildman–Crippen LogP) is 2.55. The first kappa shape index (κ1) is 13.3. The van der Waals surface area contributed by atoms with Gasteiger partial charge in [-0.2, -0.15) is 0 Å². The summed E-state index contributed by atoms with van der Waals surface area (Å²) in [7, 11) is 2.02. The number of hydrogen-bond donors (Lipinski definition) is 1. The lowest BCUT2D eigenvalue weighted by Crippen LogP contribution is -2.28. The summed E-state index contributed by atoms with van der Waals surface area (Å²) in [5.74, 6) is 0. The molecule has 0 aliphatic carbocycles. The third-order valence-corrected chi connectivity index (χ3v) is 4.28. The van der Waals surface area contributed by atoms with Crippen molar-refractivity contribution in [2.24, 2.45) is 0 Å². The maximum Gasteiger partial charge on any atom is 0.193 e. The molecule has 3 aromatic rings. The molecule has 0 amide bonds. The molecular formula is C15H18N4S. The monoisotopic (exact) mass is 286 g/mol. The highest BCUT2D eigenvalue weighted by Gasteiger charge is 2.11. The number of thiazole rings is 1. The van der Waals surface area contributed by atoms with Crippen LogP contribution < -0.4 is 5.32 Å². The van der Waals surface area contributed by atoms with Gasteiger partial charge in [-0.05, 0) is 31.5 Å². The van der Waals surface area contributed by atoms with Gasteiger partial charge in [0.25, 0.3) is 0 Å². The van der Waals surface area contributed by atoms with Gasteiger partial charge in [0.2, 0.25) is 0 Å². The number of likely N-dealkylation sites (N-methyl/N-ethyl adjacent to an activating group) is 1. The van der Waals surface area contributed by atoms with E-state index in [1.165, 1.54) is 5.56 Å². The van der Waals surface area contributed by atoms with Gasteiger partial charge in [0.15, 0.2) is 4.96 Å². The number of fused-ring (bicyclic) bond motifs is 1. The van der Waals surface area contributed by atoms with Crippen molar-refractivity contribution in [3.8, 4) is 0 Å². The minimum Gasteiger partial charge on any atom is -0.317 e. The van der Waals surface area contributed by atoms with E-state index in [0.717, 1.165) is 29.9 Å². The Kier molecular flexibility index (Phi) is 4.08. The fraction of sp³-hybridized carbons (Fsp3) is 0.333. The van der Waals surface area contributed by atoms with Crippen LogP contribution in [0.4, 0.5) is 0 Å². The molecule has 20 heavy (non-hydrogen) atoms. The molecule has 1 unspecified atom stereocenters. The van der Waals surface area contributed by atoms with Crippen LogP contribution in [0, 0.1) is 0 Å². The Balaban J connectivity index is 1.60. The second-order valence-corrected chi connectivity index (χ2v) is 5.79. The van der Waals surface area contributed by atoms with E-state index >= 15 is 0 Å². The van der Waals surface area contributed by atoms with E-state index in [4.69, 9.17) is 0 Å². The Morgan fingerprint density at radius 1 is 1.45 bits per heavy atom. The van der Waals surface area contributed by atoms with Crippen LogP contribution in [0.1, 0.15) is 17.7 Å². The molecule has 1 N–H and O–H groups in total. The standard InChI is InChI=1S/C15H18N4S/c1-16-13(5-4-12-3-2-6-17-10-12)9-14-11-19-7-8-20-15(19)18-14/h2-3,6-8,10-11,13,16H,4-5,9H2,1H3. The summed E-state index contributed by atoms with van der Waals surface area (Å²) in [6.07, 6.45) is 11.0. The lowest BCUT2D eigenvalue weighted by molar-refractivity contribution is 0.516. The van der Waals surface area contributed by atoms with E-state index in [0.29, 0.717) is 6.04 Å². The van der Waals surface area contributed by atoms with Crippen molar-refractivity contribution in [3.05, 3.63) is 53.6 Å². The van der Waals surface area contributed by atoms with Crippen molar-refractivity contribution in [3.63, 3.8) is 0 Å². The molecule has 0 radical (unpaired) electrons. The lowest BCUT2D eigenvalue weighted by Gasteiger charge is -2.14. The molecule has 0 bridgehead atoms. The van der Waals surface area contributed by atoms with Crippen molar-refractivity contribution in [1.82, 2.24) is 19.7 Å². The number of rotatable bonds is 6. The number of imidazole rings is 1. The molecule has 104 valence electrons. The van der Waals surface area contributed by atoms with Crippen molar-refractivity contribution in [2.75, 3.05) is 7.05 Å². The van der Waals surface area contributed by atoms with Crippen LogP contribution in [0.3, 0.4) is 0 Å². The zero-order valence-electron chi connectivity index (χ0n) is 11.5. The van der Waals surface area contributed by atoms with Crippen LogP contribution in [0.15, 0.2) is 42.3 Å². The highest BCUT2D eigenvalue weighted by atomic mass is 32.1. The average Bonchev–Trinajstić information content (AvgIpc) is 3.05. The van der Waals surface area contributed by atoms with Crippen LogP contribution in [-0.4, -0.2) is 27.5 Å². The summed E-state index contributed by atoms with van der Waals surface area (Å²) in [5, 5.41) is 5.45. The molecule has 3 aromatic heterocycles. The molecule has 5 heteroatoms. The quantitative estimate of drug-likeness (QED) is 0.757. The maximum atomic E-state index is 4.64. The Bertz CT molecular complexity index is 630. The second-order valence-electron chi connectivity index (χ2n) is 4.91. The second kappa shape index (κ2) is 6.15. The maximum absolute atomic E-state index is 4.64. The third-order valence-electron chi connectivity index (χ3n) is 3.51. The molecule has 0 aromatic carbocycles. The molecule has 0 saturated carbocycles. The van der Waals surface area contributed by atoms with Gasteiger partial charge in [-0.1, -0.05) is 6.07 Å². The predicted molar refractivity (Wildman–Crippen MR) is 82.2 cm³/mol. The van der Waals surface area contributed by atoms with Gasteiger partial charge in [0.1, 0.15) is 0 Å². The number of nitrogens with zero attached hydrogens (tertiary/aromatic N) is 3. The average molecular weight is 286 g/mol. The molecule has 0 aliphatic heterocycles. The first-order valence-corrected chi connectivity index (χ1v) is 7.70. The van der Waals surface area contributed by atoms with Gasteiger partial charge >= 0.3 is 0 Å². The van der Waals surface area contributed by atoms with Crippen LogP contribution in [0.5, 0.6) is 0 Å². The fourth-order valence-corrected chi connectivity index (χ4v) is 3.08. The van der Waals surface area contributed by atoms with E-state index in [9.17, 15) is 0 Å². The van der Waals surface area contributed by atoms with Crippen molar-refractivity contribution in [1.29, 1.82) is 0 Å². The van der Waals surface area contributed by atoms with E-state index in [1.807, 2.05) is 25.5 Å². The minimum absolute atomic E-state index is 0.444. The van der Waals surface area contributed by atoms with E-state index in [2.05, 4.69) is 43.5 Å². The minimum atomic E-state index is 0.444. The van der Waals surface area contributed by atoms with Gasteiger partial charge in [-0.3, -0.25) is 9.38 Å². The van der Waals surface area contributed by atoms with Gasteiger partial charge < -0.3 is 5.32 Å². The molecule has 1 atom stereocenters. The van der Waals surface area contributed by atoms with Crippen molar-refractivity contribution >= 4 is 16.3 Å². The highest BCUT2D eigenvalue weighted by Crippen LogP contribution is 2.14. The molecule has 0 aliphatic rings. The zero-order valence-corrected chi connectivity index (χ0v) is 12.3. The van der Waals surface area contributed by atoms with Gasteiger partial charge in [-0.15, -0.1) is 11.3 Å². The highest BCUT2D eigenvalue weighted by molar-refractivity contribution is 7.15. The Hall–Kier alpha value is -1.72. The largest absolute Gasteiger partial charge is 0.317 e. The molecule has 0 saturated heterocycles. The third kappa shape index (κ3) is 3.05. The molecule has 3 heterocycles. The van der Waals surface area contributed by atoms with Gasteiger partial charge in [0.05, 0.1) is 5.69 Å². The van der Waals surface area contributed by atoms with Crippen molar-refractivity contribution in [2.45, 2.75) is 25.3 Å². The van der Waals surface area contributed by atoms with Crippen LogP contribution in [-0.2, 0) is 12.8 Å². The topological polar surface area (TPSA) is 42.2 Å². The van der Waals surface area contributed by atoms with E-state index in [-0.39, 0.29) is 0 Å². The summed E-state index contributed by atoms with van der Waals surface area (Å²) < 4.78 is 2.09. The Morgan fingerprint density at radius 2 is 2.40 bits per heavy atom. The molecule has 0 spiro atoms. The number of hydrogen-bond acceptors (Lipinski definition) is 4. The zero-order chi connectivity index (χ0) is 13.8. The summed E-state index contributed by atoms with van der Waals surface area (Å²) in [4.78, 5) is 9.88. The van der Waals surface area contributed by atoms with Crippen LogP contribution >= 0.6 is 11.3 Å². The van der Waals surface area contributed by atoms with Gasteiger partial charge in [0, 0.05) is 42.6 Å². The van der Waals surface area contributed by atoms with Gasteiger partial charge in [-0.25, -0.2) is 4.98 Å². The number of pyridine rings is 1. The number of aromatic nitrogens is 3. The lowest BCUT2D eigenvalue weighted by atomic mass is 10.0. The van der Waals surface area contributed by atoms with E-state index in [1.54, 1.807) is 11.3 Å². The van der Waals surface area contributed by atoms with Crippen LogP contribution in [0.2, 0.25) is 0 Å². The molecule has 4 nitrogen and oxygen atoms in total. The fourth-order valence-electron chi connectivity index (χ4n) is 2.36.